The molecule has 0 bridgehead atoms. The fraction of sp³-hybridized carbons (Fsp3) is 0.833. The Morgan fingerprint density at radius 2 is 2.00 bits per heavy atom. The minimum atomic E-state index is -4.81. The van der Waals surface area contributed by atoms with Crippen molar-refractivity contribution >= 4 is 5.91 Å². The highest BCUT2D eigenvalue weighted by Gasteiger charge is 2.42. The van der Waals surface area contributed by atoms with E-state index < -0.39 is 18.1 Å². The normalized spacial score (nSPS) is 14.2. The van der Waals surface area contributed by atoms with Crippen molar-refractivity contribution in [3.05, 3.63) is 0 Å². The van der Waals surface area contributed by atoms with Gasteiger partial charge < -0.3 is 10.6 Å². The first-order valence-corrected chi connectivity index (χ1v) is 3.34. The molecule has 3 nitrogen and oxygen atoms in total. The van der Waals surface area contributed by atoms with Crippen LogP contribution in [-0.2, 0) is 4.79 Å². The molecule has 0 aromatic rings. The summed E-state index contributed by atoms with van der Waals surface area (Å²) < 4.78 is 35.3. The van der Waals surface area contributed by atoms with Gasteiger partial charge in [0, 0.05) is 19.6 Å². The lowest BCUT2D eigenvalue weighted by Gasteiger charge is -2.24. The fourth-order valence-corrected chi connectivity index (χ4v) is 0.558. The summed E-state index contributed by atoms with van der Waals surface area (Å²) in [6.07, 6.45) is -4.81. The van der Waals surface area contributed by atoms with E-state index in [0.717, 1.165) is 7.05 Å². The van der Waals surface area contributed by atoms with Crippen molar-refractivity contribution < 1.29 is 18.0 Å². The molecule has 0 aromatic heterocycles. The van der Waals surface area contributed by atoms with Gasteiger partial charge in [-0.3, -0.25) is 4.79 Å². The number of rotatable bonds is 2. The van der Waals surface area contributed by atoms with Crippen LogP contribution in [-0.4, -0.2) is 36.6 Å². The SMILES string of the molecule is CC(CN)N(C)C(=O)C(F)(F)F. The molecule has 0 aliphatic heterocycles. The van der Waals surface area contributed by atoms with Crippen LogP contribution in [0.4, 0.5) is 13.2 Å². The highest BCUT2D eigenvalue weighted by molar-refractivity contribution is 5.81. The Hall–Kier alpha value is -0.780. The zero-order valence-electron chi connectivity index (χ0n) is 6.85. The first kappa shape index (κ1) is 11.2. The van der Waals surface area contributed by atoms with E-state index in [2.05, 4.69) is 0 Å². The molecule has 72 valence electrons. The number of hydrogen-bond acceptors (Lipinski definition) is 2. The lowest BCUT2D eigenvalue weighted by molar-refractivity contribution is -0.185. The zero-order chi connectivity index (χ0) is 9.94. The average Bonchev–Trinajstić information content (AvgIpc) is 1.98. The molecule has 1 unspecified atom stereocenters. The third-order valence-electron chi connectivity index (χ3n) is 1.57. The topological polar surface area (TPSA) is 46.3 Å². The molecule has 0 fully saturated rings. The zero-order valence-corrected chi connectivity index (χ0v) is 6.85. The number of carbonyl (C=O) groups excluding carboxylic acids is 1. The maximum absolute atomic E-state index is 11.8. The number of likely N-dealkylation sites (N-methyl/N-ethyl adjacent to an activating group) is 1. The molecular formula is C6H11F3N2O. The Kier molecular flexibility index (Phi) is 3.51. The summed E-state index contributed by atoms with van der Waals surface area (Å²) in [6.45, 7) is 1.46. The van der Waals surface area contributed by atoms with Gasteiger partial charge in [-0.05, 0) is 6.92 Å². The summed E-state index contributed by atoms with van der Waals surface area (Å²) in [5.74, 6) is -1.86. The number of carbonyl (C=O) groups is 1. The predicted molar refractivity (Wildman–Crippen MR) is 37.3 cm³/mol. The molecule has 1 amide bonds. The number of amides is 1. The Labute approximate surface area is 68.3 Å². The van der Waals surface area contributed by atoms with Crippen molar-refractivity contribution in [3.63, 3.8) is 0 Å². The number of alkyl halides is 3. The second-order valence-corrected chi connectivity index (χ2v) is 2.50. The fourth-order valence-electron chi connectivity index (χ4n) is 0.558. The molecule has 0 heterocycles. The lowest BCUT2D eigenvalue weighted by Crippen LogP contribution is -2.46. The van der Waals surface area contributed by atoms with Gasteiger partial charge in [-0.15, -0.1) is 0 Å². The monoisotopic (exact) mass is 184 g/mol. The summed E-state index contributed by atoms with van der Waals surface area (Å²) in [7, 11) is 1.08. The van der Waals surface area contributed by atoms with Gasteiger partial charge in [-0.2, -0.15) is 13.2 Å². The van der Waals surface area contributed by atoms with E-state index in [1.54, 1.807) is 0 Å². The predicted octanol–water partition coefficient (Wildman–Crippen LogP) is 0.354. The van der Waals surface area contributed by atoms with Crippen molar-refractivity contribution in [3.8, 4) is 0 Å². The average molecular weight is 184 g/mol. The minimum Gasteiger partial charge on any atom is -0.334 e. The van der Waals surface area contributed by atoms with Crippen LogP contribution in [0.25, 0.3) is 0 Å². The molecule has 0 aliphatic rings. The maximum atomic E-state index is 11.8. The highest BCUT2D eigenvalue weighted by Crippen LogP contribution is 2.18. The summed E-state index contributed by atoms with van der Waals surface area (Å²) in [4.78, 5) is 11.1. The first-order valence-electron chi connectivity index (χ1n) is 3.34. The van der Waals surface area contributed by atoms with Crippen molar-refractivity contribution in [2.24, 2.45) is 5.73 Å². The second-order valence-electron chi connectivity index (χ2n) is 2.50. The van der Waals surface area contributed by atoms with E-state index in [4.69, 9.17) is 5.73 Å². The van der Waals surface area contributed by atoms with Crippen LogP contribution in [0.2, 0.25) is 0 Å². The number of nitrogens with two attached hydrogens (primary N) is 1. The van der Waals surface area contributed by atoms with E-state index >= 15 is 0 Å². The number of hydrogen-bond donors (Lipinski definition) is 1. The van der Waals surface area contributed by atoms with Gasteiger partial charge in [0.05, 0.1) is 0 Å². The van der Waals surface area contributed by atoms with Gasteiger partial charge in [0.15, 0.2) is 0 Å². The van der Waals surface area contributed by atoms with Gasteiger partial charge in [0.2, 0.25) is 0 Å². The van der Waals surface area contributed by atoms with Gasteiger partial charge in [0.25, 0.3) is 0 Å². The van der Waals surface area contributed by atoms with Crippen molar-refractivity contribution in [2.75, 3.05) is 13.6 Å². The second kappa shape index (κ2) is 3.75. The quantitative estimate of drug-likeness (QED) is 0.673. The molecule has 0 saturated carbocycles. The molecule has 0 saturated heterocycles. The van der Waals surface area contributed by atoms with Crippen LogP contribution in [0.3, 0.4) is 0 Å². The van der Waals surface area contributed by atoms with Crippen LogP contribution in [0.5, 0.6) is 0 Å². The van der Waals surface area contributed by atoms with Crippen LogP contribution < -0.4 is 5.73 Å². The van der Waals surface area contributed by atoms with E-state index in [1.165, 1.54) is 6.92 Å². The molecule has 1 atom stereocenters. The Bertz CT molecular complexity index is 169. The molecule has 0 aromatic carbocycles. The van der Waals surface area contributed by atoms with Crippen LogP contribution >= 0.6 is 0 Å². The molecule has 2 N–H and O–H groups in total. The minimum absolute atomic E-state index is 0.0122. The Balaban J connectivity index is 4.30. The summed E-state index contributed by atoms with van der Waals surface area (Å²) in [5, 5.41) is 0. The molecule has 6 heteroatoms. The van der Waals surface area contributed by atoms with Crippen LogP contribution in [0.1, 0.15) is 6.92 Å². The summed E-state index contributed by atoms with van der Waals surface area (Å²) in [6, 6.07) is -0.598. The third-order valence-corrected chi connectivity index (χ3v) is 1.57. The largest absolute Gasteiger partial charge is 0.471 e. The highest BCUT2D eigenvalue weighted by atomic mass is 19.4. The Morgan fingerprint density at radius 3 is 2.25 bits per heavy atom. The van der Waals surface area contributed by atoms with Crippen LogP contribution in [0, 0.1) is 0 Å². The van der Waals surface area contributed by atoms with E-state index in [9.17, 15) is 18.0 Å². The molecule has 0 radical (unpaired) electrons. The van der Waals surface area contributed by atoms with E-state index in [0.29, 0.717) is 4.90 Å². The number of nitrogens with zero attached hydrogens (tertiary/aromatic N) is 1. The van der Waals surface area contributed by atoms with Crippen LogP contribution in [0.15, 0.2) is 0 Å². The van der Waals surface area contributed by atoms with Crippen molar-refractivity contribution in [1.82, 2.24) is 4.90 Å². The molecule has 0 spiro atoms. The van der Waals surface area contributed by atoms with Crippen molar-refractivity contribution in [1.29, 1.82) is 0 Å². The third kappa shape index (κ3) is 2.69. The standard InChI is InChI=1S/C6H11F3N2O/c1-4(3-10)11(2)5(12)6(7,8)9/h4H,3,10H2,1-2H3. The van der Waals surface area contributed by atoms with E-state index in [-0.39, 0.29) is 6.54 Å². The molecule has 0 aliphatic carbocycles. The number of halogens is 3. The molecular weight excluding hydrogens is 173 g/mol. The van der Waals surface area contributed by atoms with Gasteiger partial charge in [-0.1, -0.05) is 0 Å². The molecule has 0 rings (SSSR count). The van der Waals surface area contributed by atoms with Gasteiger partial charge in [0.1, 0.15) is 0 Å². The summed E-state index contributed by atoms with van der Waals surface area (Å²) in [5.41, 5.74) is 5.09. The first-order chi connectivity index (χ1) is 5.30. The smallest absolute Gasteiger partial charge is 0.334 e. The van der Waals surface area contributed by atoms with Gasteiger partial charge in [-0.25, -0.2) is 0 Å². The Morgan fingerprint density at radius 1 is 1.58 bits per heavy atom. The van der Waals surface area contributed by atoms with Gasteiger partial charge >= 0.3 is 12.1 Å². The lowest BCUT2D eigenvalue weighted by atomic mass is 10.3. The van der Waals surface area contributed by atoms with E-state index in [1.807, 2.05) is 0 Å². The molecule has 12 heavy (non-hydrogen) atoms. The van der Waals surface area contributed by atoms with Crippen molar-refractivity contribution in [2.45, 2.75) is 19.1 Å². The summed E-state index contributed by atoms with van der Waals surface area (Å²) >= 11 is 0. The maximum Gasteiger partial charge on any atom is 0.471 e.